The van der Waals surface area contributed by atoms with Crippen LogP contribution in [0.15, 0.2) is 122 Å². The summed E-state index contributed by atoms with van der Waals surface area (Å²) in [4.78, 5) is 18.4. The molecule has 4 heterocycles. The molecular formula is C41H27N5O2Pt2. The van der Waals surface area contributed by atoms with Crippen LogP contribution in [-0.4, -0.2) is 24.5 Å². The van der Waals surface area contributed by atoms with Crippen molar-refractivity contribution in [2.75, 3.05) is 0 Å². The molecule has 248 valence electrons. The Bertz CT molecular complexity index is 2240. The first-order chi connectivity index (χ1) is 23.6. The number of hydrogen-bond donors (Lipinski definition) is 0. The molecule has 50 heavy (non-hydrogen) atoms. The van der Waals surface area contributed by atoms with Gasteiger partial charge < -0.3 is 24.0 Å². The van der Waals surface area contributed by atoms with Gasteiger partial charge in [-0.3, -0.25) is 0 Å². The average molecular weight is 1010 g/mol. The van der Waals surface area contributed by atoms with E-state index in [0.717, 1.165) is 49.9 Å². The van der Waals surface area contributed by atoms with Crippen molar-refractivity contribution < 1.29 is 51.6 Å². The van der Waals surface area contributed by atoms with Crippen LogP contribution in [0.25, 0.3) is 50.3 Å². The van der Waals surface area contributed by atoms with E-state index in [9.17, 15) is 0 Å². The molecule has 0 aliphatic rings. The Morgan fingerprint density at radius 1 is 0.520 bits per heavy atom. The van der Waals surface area contributed by atoms with E-state index in [-0.39, 0.29) is 42.1 Å². The summed E-state index contributed by atoms with van der Waals surface area (Å²) < 4.78 is 14.5. The van der Waals surface area contributed by atoms with Gasteiger partial charge in [0.25, 0.3) is 0 Å². The molecule has 4 aromatic heterocycles. The van der Waals surface area contributed by atoms with Gasteiger partial charge >= 0.3 is 42.1 Å². The predicted molar refractivity (Wildman–Crippen MR) is 185 cm³/mol. The van der Waals surface area contributed by atoms with Crippen molar-refractivity contribution >= 4 is 21.8 Å². The van der Waals surface area contributed by atoms with Gasteiger partial charge in [-0.2, -0.15) is 22.9 Å². The zero-order chi connectivity index (χ0) is 32.5. The Morgan fingerprint density at radius 2 is 1.00 bits per heavy atom. The van der Waals surface area contributed by atoms with Gasteiger partial charge in [0.15, 0.2) is 0 Å². The summed E-state index contributed by atoms with van der Waals surface area (Å²) in [6.07, 6.45) is 7.25. The Balaban J connectivity index is 0.00000216. The minimum Gasteiger partial charge on any atom is -0.503 e. The molecule has 8 rings (SSSR count). The van der Waals surface area contributed by atoms with Crippen LogP contribution in [0.2, 0.25) is 0 Å². The minimum atomic E-state index is 0. The van der Waals surface area contributed by atoms with Crippen molar-refractivity contribution in [1.29, 1.82) is 0 Å². The summed E-state index contributed by atoms with van der Waals surface area (Å²) in [5.74, 6) is 2.95. The number of nitrogens with zero attached hydrogens (tertiary/aromatic N) is 5. The number of aromatic nitrogens is 5. The summed E-state index contributed by atoms with van der Waals surface area (Å²) in [6, 6.07) is 44.5. The van der Waals surface area contributed by atoms with Crippen LogP contribution in [0.4, 0.5) is 0 Å². The molecule has 0 N–H and O–H groups in total. The summed E-state index contributed by atoms with van der Waals surface area (Å²) >= 11 is 0. The van der Waals surface area contributed by atoms with Crippen LogP contribution >= 0.6 is 0 Å². The molecule has 0 saturated carbocycles. The normalized spacial score (nSPS) is 10.9. The van der Waals surface area contributed by atoms with E-state index >= 15 is 0 Å². The molecule has 0 aliphatic heterocycles. The van der Waals surface area contributed by atoms with Crippen molar-refractivity contribution in [2.24, 2.45) is 0 Å². The number of hydrogen-bond acceptors (Lipinski definition) is 6. The molecule has 0 unspecified atom stereocenters. The van der Waals surface area contributed by atoms with Crippen LogP contribution < -0.4 is 9.47 Å². The van der Waals surface area contributed by atoms with Gasteiger partial charge in [0.2, 0.25) is 5.95 Å². The van der Waals surface area contributed by atoms with Gasteiger partial charge in [-0.25, -0.2) is 9.97 Å². The molecule has 8 aromatic rings. The van der Waals surface area contributed by atoms with E-state index in [0.29, 0.717) is 34.9 Å². The van der Waals surface area contributed by atoms with Crippen LogP contribution in [0.1, 0.15) is 25.3 Å². The molecule has 7 nitrogen and oxygen atoms in total. The summed E-state index contributed by atoms with van der Waals surface area (Å²) in [5, 5.41) is 1.90. The molecule has 0 fully saturated rings. The average Bonchev–Trinajstić information content (AvgIpc) is 3.45. The molecule has 0 aliphatic carbocycles. The summed E-state index contributed by atoms with van der Waals surface area (Å²) in [6.45, 7) is 4.24. The zero-order valence-corrected chi connectivity index (χ0v) is 31.4. The fourth-order valence-electron chi connectivity index (χ4n) is 5.48. The molecule has 0 radical (unpaired) electrons. The Morgan fingerprint density at radius 3 is 1.44 bits per heavy atom. The zero-order valence-electron chi connectivity index (χ0n) is 26.8. The first kappa shape index (κ1) is 34.9. The van der Waals surface area contributed by atoms with E-state index in [1.807, 2.05) is 114 Å². The van der Waals surface area contributed by atoms with Crippen molar-refractivity contribution in [3.63, 3.8) is 0 Å². The number of ether oxygens (including phenoxy) is 2. The second-order valence-corrected chi connectivity index (χ2v) is 11.5. The van der Waals surface area contributed by atoms with Gasteiger partial charge in [-0.05, 0) is 35.0 Å². The van der Waals surface area contributed by atoms with Crippen LogP contribution in [-0.2, 0) is 42.1 Å². The van der Waals surface area contributed by atoms with Gasteiger partial charge in [-0.15, -0.1) is 71.8 Å². The third-order valence-electron chi connectivity index (χ3n) is 7.92. The van der Waals surface area contributed by atoms with E-state index < -0.39 is 0 Å². The second kappa shape index (κ2) is 15.3. The maximum absolute atomic E-state index is 6.30. The fraction of sp³-hybridized carbons (Fsp3) is 0.0732. The predicted octanol–water partition coefficient (Wildman–Crippen LogP) is 9.60. The van der Waals surface area contributed by atoms with Crippen molar-refractivity contribution in [2.45, 2.75) is 19.8 Å². The maximum Gasteiger partial charge on any atom is 2.00 e. The van der Waals surface area contributed by atoms with Crippen LogP contribution in [0.3, 0.4) is 0 Å². The van der Waals surface area contributed by atoms with E-state index in [1.54, 1.807) is 12.4 Å². The van der Waals surface area contributed by atoms with Gasteiger partial charge in [0, 0.05) is 47.8 Å². The first-order valence-corrected chi connectivity index (χ1v) is 15.6. The van der Waals surface area contributed by atoms with Crippen molar-refractivity contribution in [3.05, 3.63) is 152 Å². The largest absolute Gasteiger partial charge is 2.00 e. The van der Waals surface area contributed by atoms with E-state index in [1.165, 1.54) is 0 Å². The third-order valence-corrected chi connectivity index (χ3v) is 7.92. The van der Waals surface area contributed by atoms with Crippen molar-refractivity contribution in [3.8, 4) is 51.5 Å². The smallest absolute Gasteiger partial charge is 0.503 e. The standard InChI is InChI=1S/C41H27N5O2.2Pt/c1-27(2)30-25-44-41(45-26-30)46-39-23-33(47-31-11-7-9-28(21-31)37-13-3-5-19-42-37)15-17-35(39)36-18-16-34(24-40(36)46)48-32-12-8-10-29(22-32)38-14-4-6-20-43-38;;/h3-20,25-27H,1-2H3;;/q-4;2*+2. The van der Waals surface area contributed by atoms with Crippen molar-refractivity contribution in [1.82, 2.24) is 24.5 Å². The van der Waals surface area contributed by atoms with E-state index in [4.69, 9.17) is 19.4 Å². The molecule has 0 bridgehead atoms. The number of pyridine rings is 2. The number of benzene rings is 4. The molecule has 0 saturated heterocycles. The fourth-order valence-corrected chi connectivity index (χ4v) is 5.48. The molecule has 0 amide bonds. The topological polar surface area (TPSA) is 75.0 Å². The molecule has 0 spiro atoms. The molecule has 4 aromatic carbocycles. The molecular weight excluding hydrogens is 985 g/mol. The third kappa shape index (κ3) is 7.16. The quantitative estimate of drug-likeness (QED) is 0.141. The van der Waals surface area contributed by atoms with Crippen LogP contribution in [0.5, 0.6) is 23.0 Å². The summed E-state index contributed by atoms with van der Waals surface area (Å²) in [5.41, 5.74) is 5.86. The van der Waals surface area contributed by atoms with E-state index in [2.05, 4.69) is 48.1 Å². The minimum absolute atomic E-state index is 0. The Hall–Kier alpha value is -4.96. The monoisotopic (exact) mass is 1010 g/mol. The second-order valence-electron chi connectivity index (χ2n) is 11.5. The maximum atomic E-state index is 6.30. The summed E-state index contributed by atoms with van der Waals surface area (Å²) in [7, 11) is 0. The molecule has 9 heteroatoms. The SMILES string of the molecule is CC(C)c1cnc(-n2c3[c-]c(Oc4[c-]c(-c5ccccn5)ccc4)ccc3c3ccc(Oc4[c-]c(-c5ccccn5)ccc4)[c-]c32)nc1.[Pt+2].[Pt+2]. The van der Waals surface area contributed by atoms with Gasteiger partial charge in [0.05, 0.1) is 0 Å². The number of fused-ring (bicyclic) bond motifs is 3. The van der Waals surface area contributed by atoms with Gasteiger partial charge in [-0.1, -0.05) is 61.3 Å². The Labute approximate surface area is 318 Å². The number of rotatable bonds is 8. The Kier molecular flexibility index (Phi) is 10.7. The molecule has 0 atom stereocenters. The van der Waals surface area contributed by atoms with Gasteiger partial charge in [0.1, 0.15) is 0 Å². The van der Waals surface area contributed by atoms with Crippen LogP contribution in [0, 0.1) is 24.3 Å². The first-order valence-electron chi connectivity index (χ1n) is 15.6.